The molecule has 0 spiro atoms. The molecule has 0 radical (unpaired) electrons. The van der Waals surface area contributed by atoms with Gasteiger partial charge in [0.05, 0.1) is 4.92 Å². The Balaban J connectivity index is 2.27. The van der Waals surface area contributed by atoms with Crippen LogP contribution in [-0.2, 0) is 6.42 Å². The van der Waals surface area contributed by atoms with Crippen molar-refractivity contribution < 1.29 is 9.72 Å². The lowest BCUT2D eigenvalue weighted by Gasteiger charge is -2.01. The van der Waals surface area contributed by atoms with Gasteiger partial charge in [0.1, 0.15) is 0 Å². The van der Waals surface area contributed by atoms with E-state index in [1.165, 1.54) is 18.3 Å². The summed E-state index contributed by atoms with van der Waals surface area (Å²) in [5, 5.41) is 10.8. The van der Waals surface area contributed by atoms with Crippen molar-refractivity contribution in [3.05, 3.63) is 70.0 Å². The molecule has 0 bridgehead atoms. The van der Waals surface area contributed by atoms with Crippen LogP contribution in [0.3, 0.4) is 0 Å². The van der Waals surface area contributed by atoms with Crippen LogP contribution in [0.2, 0.25) is 0 Å². The molecule has 0 aliphatic carbocycles. The number of hydrogen-bond acceptors (Lipinski definition) is 4. The highest BCUT2D eigenvalue weighted by Gasteiger charge is 2.20. The maximum absolute atomic E-state index is 12.0. The number of rotatable bonds is 4. The Morgan fingerprint density at radius 1 is 1.17 bits per heavy atom. The average Bonchev–Trinajstić information content (AvgIpc) is 2.40. The minimum Gasteiger partial charge on any atom is -0.292 e. The summed E-state index contributed by atoms with van der Waals surface area (Å²) in [5.41, 5.74) is 0.465. The van der Waals surface area contributed by atoms with Crippen molar-refractivity contribution in [1.82, 2.24) is 4.98 Å². The van der Waals surface area contributed by atoms with E-state index in [4.69, 9.17) is 0 Å². The van der Waals surface area contributed by atoms with Crippen LogP contribution in [0.15, 0.2) is 48.7 Å². The second-order valence-corrected chi connectivity index (χ2v) is 3.71. The van der Waals surface area contributed by atoms with Crippen LogP contribution < -0.4 is 0 Å². The van der Waals surface area contributed by atoms with Gasteiger partial charge in [-0.1, -0.05) is 30.3 Å². The second kappa shape index (κ2) is 5.18. The quantitative estimate of drug-likeness (QED) is 0.469. The minimum absolute atomic E-state index is 0.0913. The SMILES string of the molecule is O=C(Cc1ccccc1)c1ncccc1[N+](=O)[O-]. The van der Waals surface area contributed by atoms with Gasteiger partial charge in [0.25, 0.3) is 5.69 Å². The molecule has 0 atom stereocenters. The summed E-state index contributed by atoms with van der Waals surface area (Å²) in [7, 11) is 0. The van der Waals surface area contributed by atoms with Gasteiger partial charge >= 0.3 is 0 Å². The standard InChI is InChI=1S/C13H10N2O3/c16-12(9-10-5-2-1-3-6-10)13-11(15(17)18)7-4-8-14-13/h1-8H,9H2. The first kappa shape index (κ1) is 11.9. The third-order valence-electron chi connectivity index (χ3n) is 2.45. The summed E-state index contributed by atoms with van der Waals surface area (Å²) in [4.78, 5) is 26.0. The van der Waals surface area contributed by atoms with Gasteiger partial charge in [-0.2, -0.15) is 0 Å². The summed E-state index contributed by atoms with van der Waals surface area (Å²) in [6.07, 6.45) is 1.49. The van der Waals surface area contributed by atoms with Crippen LogP contribution in [0, 0.1) is 10.1 Å². The van der Waals surface area contributed by atoms with E-state index < -0.39 is 4.92 Å². The molecule has 18 heavy (non-hydrogen) atoms. The smallest absolute Gasteiger partial charge is 0.292 e. The van der Waals surface area contributed by atoms with Crippen molar-refractivity contribution in [2.75, 3.05) is 0 Å². The van der Waals surface area contributed by atoms with E-state index in [0.717, 1.165) is 5.56 Å². The second-order valence-electron chi connectivity index (χ2n) is 3.71. The Labute approximate surface area is 103 Å². The molecule has 1 aromatic heterocycles. The van der Waals surface area contributed by atoms with E-state index in [0.29, 0.717) is 0 Å². The zero-order valence-corrected chi connectivity index (χ0v) is 9.45. The summed E-state index contributed by atoms with van der Waals surface area (Å²) in [6.45, 7) is 0. The number of aromatic nitrogens is 1. The topological polar surface area (TPSA) is 73.1 Å². The van der Waals surface area contributed by atoms with Crippen LogP contribution in [0.1, 0.15) is 16.1 Å². The van der Waals surface area contributed by atoms with Gasteiger partial charge in [-0.3, -0.25) is 14.9 Å². The summed E-state index contributed by atoms with van der Waals surface area (Å²) in [6, 6.07) is 11.8. The molecule has 5 heteroatoms. The highest BCUT2D eigenvalue weighted by molar-refractivity contribution is 5.99. The normalized spacial score (nSPS) is 10.0. The fraction of sp³-hybridized carbons (Fsp3) is 0.0769. The fourth-order valence-electron chi connectivity index (χ4n) is 1.62. The maximum Gasteiger partial charge on any atom is 0.298 e. The van der Waals surface area contributed by atoms with Gasteiger partial charge in [0.15, 0.2) is 11.5 Å². The molecule has 0 amide bonds. The van der Waals surface area contributed by atoms with Gasteiger partial charge < -0.3 is 0 Å². The number of benzene rings is 1. The number of hydrogen-bond donors (Lipinski definition) is 0. The largest absolute Gasteiger partial charge is 0.298 e. The van der Waals surface area contributed by atoms with Crippen LogP contribution in [0.4, 0.5) is 5.69 Å². The molecule has 0 aliphatic heterocycles. The molecular weight excluding hydrogens is 232 g/mol. The molecular formula is C13H10N2O3. The summed E-state index contributed by atoms with van der Waals surface area (Å²) in [5.74, 6) is -0.353. The van der Waals surface area contributed by atoms with Crippen molar-refractivity contribution >= 4 is 11.5 Å². The van der Waals surface area contributed by atoms with Gasteiger partial charge in [0.2, 0.25) is 0 Å². The zero-order valence-electron chi connectivity index (χ0n) is 9.45. The van der Waals surface area contributed by atoms with Crippen LogP contribution in [0.25, 0.3) is 0 Å². The molecule has 0 unspecified atom stereocenters. The first-order valence-corrected chi connectivity index (χ1v) is 5.35. The van der Waals surface area contributed by atoms with E-state index in [1.807, 2.05) is 18.2 Å². The van der Waals surface area contributed by atoms with Crippen molar-refractivity contribution in [1.29, 1.82) is 0 Å². The van der Waals surface area contributed by atoms with Gasteiger partial charge in [0, 0.05) is 18.7 Å². The lowest BCUT2D eigenvalue weighted by atomic mass is 10.1. The molecule has 2 aromatic rings. The molecule has 1 aromatic carbocycles. The van der Waals surface area contributed by atoms with Crippen LogP contribution in [0.5, 0.6) is 0 Å². The predicted molar refractivity (Wildman–Crippen MR) is 65.4 cm³/mol. The number of nitro groups is 1. The van der Waals surface area contributed by atoms with Crippen LogP contribution in [-0.4, -0.2) is 15.7 Å². The van der Waals surface area contributed by atoms with Gasteiger partial charge in [-0.15, -0.1) is 0 Å². The number of carbonyl (C=O) groups is 1. The highest BCUT2D eigenvalue weighted by Crippen LogP contribution is 2.17. The Hall–Kier alpha value is -2.56. The Morgan fingerprint density at radius 3 is 2.56 bits per heavy atom. The fourth-order valence-corrected chi connectivity index (χ4v) is 1.62. The molecule has 5 nitrogen and oxygen atoms in total. The Kier molecular flexibility index (Phi) is 3.43. The zero-order chi connectivity index (χ0) is 13.0. The summed E-state index contributed by atoms with van der Waals surface area (Å²) < 4.78 is 0. The molecule has 0 saturated heterocycles. The lowest BCUT2D eigenvalue weighted by molar-refractivity contribution is -0.385. The third kappa shape index (κ3) is 2.57. The maximum atomic E-state index is 12.0. The van der Waals surface area contributed by atoms with Crippen molar-refractivity contribution in [2.45, 2.75) is 6.42 Å². The molecule has 0 fully saturated rings. The highest BCUT2D eigenvalue weighted by atomic mass is 16.6. The van der Waals surface area contributed by atoms with E-state index in [2.05, 4.69) is 4.98 Å². The third-order valence-corrected chi connectivity index (χ3v) is 2.45. The van der Waals surface area contributed by atoms with Crippen LogP contribution >= 0.6 is 0 Å². The van der Waals surface area contributed by atoms with E-state index in [1.54, 1.807) is 12.1 Å². The first-order chi connectivity index (χ1) is 8.68. The molecule has 0 aliphatic rings. The minimum atomic E-state index is -0.592. The first-order valence-electron chi connectivity index (χ1n) is 5.35. The molecule has 1 heterocycles. The molecule has 0 N–H and O–H groups in total. The van der Waals surface area contributed by atoms with Crippen molar-refractivity contribution in [3.8, 4) is 0 Å². The number of nitrogens with zero attached hydrogens (tertiary/aromatic N) is 2. The molecule has 0 saturated carbocycles. The van der Waals surface area contributed by atoms with Gasteiger partial charge in [-0.05, 0) is 11.6 Å². The predicted octanol–water partition coefficient (Wildman–Crippen LogP) is 2.42. The average molecular weight is 242 g/mol. The van der Waals surface area contributed by atoms with E-state index >= 15 is 0 Å². The number of carbonyl (C=O) groups excluding carboxylic acids is 1. The lowest BCUT2D eigenvalue weighted by Crippen LogP contribution is -2.09. The van der Waals surface area contributed by atoms with E-state index in [9.17, 15) is 14.9 Å². The van der Waals surface area contributed by atoms with Crippen molar-refractivity contribution in [2.24, 2.45) is 0 Å². The number of ketones is 1. The monoisotopic (exact) mass is 242 g/mol. The molecule has 90 valence electrons. The van der Waals surface area contributed by atoms with Gasteiger partial charge in [-0.25, -0.2) is 4.98 Å². The summed E-state index contributed by atoms with van der Waals surface area (Å²) >= 11 is 0. The Morgan fingerprint density at radius 2 is 1.89 bits per heavy atom. The number of pyridine rings is 1. The molecule has 2 rings (SSSR count). The van der Waals surface area contributed by atoms with E-state index in [-0.39, 0.29) is 23.6 Å². The van der Waals surface area contributed by atoms with Crippen molar-refractivity contribution in [3.63, 3.8) is 0 Å². The Bertz CT molecular complexity index is 582. The number of Topliss-reactive ketones (excluding diaryl/α,β-unsaturated/α-hetero) is 1.